The first-order valence-electron chi connectivity index (χ1n) is 12.5. The van der Waals surface area contributed by atoms with Gasteiger partial charge in [-0.15, -0.1) is 0 Å². The van der Waals surface area contributed by atoms with E-state index in [4.69, 9.17) is 4.74 Å². The number of amides is 1. The van der Waals surface area contributed by atoms with Gasteiger partial charge in [-0.25, -0.2) is 0 Å². The van der Waals surface area contributed by atoms with Crippen molar-refractivity contribution in [2.75, 3.05) is 32.8 Å². The number of piperidine rings is 2. The molecular formula is C26H39N3O2. The average Bonchev–Trinajstić information content (AvgIpc) is 3.04. The van der Waals surface area contributed by atoms with Crippen molar-refractivity contribution in [2.24, 2.45) is 23.7 Å². The maximum absolute atomic E-state index is 13.9. The lowest BCUT2D eigenvalue weighted by molar-refractivity contribution is -0.139. The van der Waals surface area contributed by atoms with Gasteiger partial charge in [0.15, 0.2) is 0 Å². The SMILES string of the molecule is CC(C)CN1CC2CC3CNC2(C(=O)NCC2CCCCO2)C1C3Cc1ccccc1. The first-order valence-corrected chi connectivity index (χ1v) is 12.5. The minimum absolute atomic E-state index is 0.179. The second-order valence-electron chi connectivity index (χ2n) is 10.8. The zero-order chi connectivity index (χ0) is 21.4. The predicted molar refractivity (Wildman–Crippen MR) is 123 cm³/mol. The van der Waals surface area contributed by atoms with Crippen LogP contribution in [0.5, 0.6) is 0 Å². The van der Waals surface area contributed by atoms with Gasteiger partial charge in [0, 0.05) is 38.2 Å². The molecule has 4 aliphatic heterocycles. The van der Waals surface area contributed by atoms with Gasteiger partial charge < -0.3 is 15.4 Å². The van der Waals surface area contributed by atoms with Crippen LogP contribution in [0.4, 0.5) is 0 Å². The molecule has 6 unspecified atom stereocenters. The smallest absolute Gasteiger partial charge is 0.242 e. The van der Waals surface area contributed by atoms with Crippen LogP contribution in [0.1, 0.15) is 45.1 Å². The van der Waals surface area contributed by atoms with Crippen LogP contribution in [0, 0.1) is 23.7 Å². The van der Waals surface area contributed by atoms with E-state index in [1.165, 1.54) is 18.4 Å². The molecule has 1 aromatic carbocycles. The molecule has 4 saturated heterocycles. The van der Waals surface area contributed by atoms with Gasteiger partial charge in [-0.3, -0.25) is 9.69 Å². The van der Waals surface area contributed by atoms with Gasteiger partial charge in [-0.1, -0.05) is 44.2 Å². The van der Waals surface area contributed by atoms with Gasteiger partial charge in [0.1, 0.15) is 5.54 Å². The minimum atomic E-state index is -0.447. The van der Waals surface area contributed by atoms with Gasteiger partial charge in [-0.2, -0.15) is 0 Å². The Morgan fingerprint density at radius 3 is 2.87 bits per heavy atom. The molecule has 5 heteroatoms. The monoisotopic (exact) mass is 425 g/mol. The van der Waals surface area contributed by atoms with E-state index in [1.807, 2.05) is 0 Å². The number of ether oxygens (including phenoxy) is 1. The molecule has 5 nitrogen and oxygen atoms in total. The van der Waals surface area contributed by atoms with E-state index in [0.29, 0.717) is 30.2 Å². The summed E-state index contributed by atoms with van der Waals surface area (Å²) >= 11 is 0. The highest BCUT2D eigenvalue weighted by atomic mass is 16.5. The molecule has 1 aliphatic carbocycles. The number of carbonyl (C=O) groups excluding carboxylic acids is 1. The maximum Gasteiger partial charge on any atom is 0.242 e. The van der Waals surface area contributed by atoms with Crippen molar-refractivity contribution < 1.29 is 9.53 Å². The summed E-state index contributed by atoms with van der Waals surface area (Å²) < 4.78 is 5.89. The second-order valence-corrected chi connectivity index (χ2v) is 10.8. The van der Waals surface area contributed by atoms with Crippen molar-refractivity contribution in [3.8, 4) is 0 Å². The molecule has 1 aromatic rings. The molecule has 31 heavy (non-hydrogen) atoms. The lowest BCUT2D eigenvalue weighted by Crippen LogP contribution is -2.76. The van der Waals surface area contributed by atoms with Gasteiger partial charge in [0.05, 0.1) is 6.10 Å². The van der Waals surface area contributed by atoms with E-state index in [-0.39, 0.29) is 18.1 Å². The fraction of sp³-hybridized carbons (Fsp3) is 0.731. The van der Waals surface area contributed by atoms with Crippen LogP contribution in [-0.2, 0) is 16.0 Å². The standard InChI is InChI=1S/C26H39N3O2/c1-18(2)16-29-17-21-13-20-14-28-26(21,25(30)27-15-22-10-6-7-11-31-22)24(29)23(20)12-19-8-4-3-5-9-19/h3-5,8-9,18,20-24,28H,6-7,10-17H2,1-2H3,(H,27,30). The molecule has 5 aliphatic rings. The van der Waals surface area contributed by atoms with Crippen LogP contribution in [0.25, 0.3) is 0 Å². The zero-order valence-electron chi connectivity index (χ0n) is 19.2. The fourth-order valence-electron chi connectivity index (χ4n) is 7.06. The summed E-state index contributed by atoms with van der Waals surface area (Å²) in [6.45, 7) is 9.16. The quantitative estimate of drug-likeness (QED) is 0.705. The molecule has 1 amide bonds. The summed E-state index contributed by atoms with van der Waals surface area (Å²) in [5, 5.41) is 7.15. The van der Waals surface area contributed by atoms with Crippen LogP contribution >= 0.6 is 0 Å². The number of nitrogens with one attached hydrogen (secondary N) is 2. The number of hydrogen-bond donors (Lipinski definition) is 2. The van der Waals surface area contributed by atoms with Crippen LogP contribution in [0.3, 0.4) is 0 Å². The summed E-state index contributed by atoms with van der Waals surface area (Å²) in [4.78, 5) is 16.5. The molecule has 6 rings (SSSR count). The topological polar surface area (TPSA) is 53.6 Å². The van der Waals surface area contributed by atoms with E-state index in [1.54, 1.807) is 0 Å². The largest absolute Gasteiger partial charge is 0.376 e. The third kappa shape index (κ3) is 3.94. The number of rotatable bonds is 7. The molecule has 0 aromatic heterocycles. The van der Waals surface area contributed by atoms with Crippen molar-refractivity contribution in [3.05, 3.63) is 35.9 Å². The number of hydrogen-bond acceptors (Lipinski definition) is 4. The van der Waals surface area contributed by atoms with Crippen LogP contribution in [0.15, 0.2) is 30.3 Å². The van der Waals surface area contributed by atoms with E-state index in [0.717, 1.165) is 45.5 Å². The van der Waals surface area contributed by atoms with Crippen LogP contribution in [0.2, 0.25) is 0 Å². The summed E-state index contributed by atoms with van der Waals surface area (Å²) in [7, 11) is 0. The fourth-order valence-corrected chi connectivity index (χ4v) is 7.06. The summed E-state index contributed by atoms with van der Waals surface area (Å²) in [5.41, 5.74) is 0.955. The normalized spacial score (nSPS) is 37.3. The highest BCUT2D eigenvalue weighted by molar-refractivity contribution is 5.89. The Labute approximate surface area is 187 Å². The Morgan fingerprint density at radius 1 is 1.29 bits per heavy atom. The highest BCUT2D eigenvalue weighted by Gasteiger charge is 2.67. The van der Waals surface area contributed by atoms with Gasteiger partial charge >= 0.3 is 0 Å². The Hall–Kier alpha value is -1.43. The van der Waals surface area contributed by atoms with Crippen molar-refractivity contribution in [3.63, 3.8) is 0 Å². The second kappa shape index (κ2) is 8.84. The summed E-state index contributed by atoms with van der Waals surface area (Å²) in [6.07, 6.45) is 5.83. The minimum Gasteiger partial charge on any atom is -0.376 e. The molecule has 2 N–H and O–H groups in total. The number of fused-ring (bicyclic) bond motifs is 1. The van der Waals surface area contributed by atoms with Gasteiger partial charge in [-0.05, 0) is 62.0 Å². The van der Waals surface area contributed by atoms with Crippen molar-refractivity contribution >= 4 is 5.91 Å². The Morgan fingerprint density at radius 2 is 2.13 bits per heavy atom. The lowest BCUT2D eigenvalue weighted by atomic mass is 9.58. The number of nitrogens with zero attached hydrogens (tertiary/aromatic N) is 1. The Balaban J connectivity index is 1.40. The highest BCUT2D eigenvalue weighted by Crippen LogP contribution is 2.53. The lowest BCUT2D eigenvalue weighted by Gasteiger charge is -2.56. The van der Waals surface area contributed by atoms with Crippen molar-refractivity contribution in [1.29, 1.82) is 0 Å². The van der Waals surface area contributed by atoms with Crippen molar-refractivity contribution in [1.82, 2.24) is 15.5 Å². The molecular weight excluding hydrogens is 386 g/mol. The molecule has 0 spiro atoms. The average molecular weight is 426 g/mol. The number of carbonyl (C=O) groups is 1. The third-order valence-corrected chi connectivity index (χ3v) is 8.27. The molecule has 0 radical (unpaired) electrons. The molecule has 6 atom stereocenters. The van der Waals surface area contributed by atoms with E-state index < -0.39 is 5.54 Å². The Kier molecular flexibility index (Phi) is 6.11. The first kappa shape index (κ1) is 21.4. The Bertz CT molecular complexity index is 763. The summed E-state index contributed by atoms with van der Waals surface area (Å²) in [6, 6.07) is 11.2. The van der Waals surface area contributed by atoms with E-state index >= 15 is 0 Å². The summed E-state index contributed by atoms with van der Waals surface area (Å²) in [5.74, 6) is 2.42. The third-order valence-electron chi connectivity index (χ3n) is 8.27. The number of benzene rings is 1. The molecule has 1 saturated carbocycles. The zero-order valence-corrected chi connectivity index (χ0v) is 19.2. The van der Waals surface area contributed by atoms with Crippen molar-refractivity contribution in [2.45, 2.75) is 63.6 Å². The van der Waals surface area contributed by atoms with Crippen LogP contribution in [-0.4, -0.2) is 61.3 Å². The number of likely N-dealkylation sites (tertiary alicyclic amines) is 1. The molecule has 170 valence electrons. The first-order chi connectivity index (χ1) is 15.1. The van der Waals surface area contributed by atoms with E-state index in [9.17, 15) is 4.79 Å². The van der Waals surface area contributed by atoms with Gasteiger partial charge in [0.2, 0.25) is 5.91 Å². The van der Waals surface area contributed by atoms with E-state index in [2.05, 4.69) is 59.7 Å². The predicted octanol–water partition coefficient (Wildman–Crippen LogP) is 2.85. The van der Waals surface area contributed by atoms with Crippen LogP contribution < -0.4 is 10.6 Å². The maximum atomic E-state index is 13.9. The molecule has 4 heterocycles. The molecule has 5 fully saturated rings. The molecule has 4 bridgehead atoms. The van der Waals surface area contributed by atoms with Gasteiger partial charge in [0.25, 0.3) is 0 Å².